The van der Waals surface area contributed by atoms with Gasteiger partial charge in [-0.05, 0) is 19.8 Å². The van der Waals surface area contributed by atoms with Crippen molar-refractivity contribution in [3.05, 3.63) is 0 Å². The van der Waals surface area contributed by atoms with Gasteiger partial charge in [-0.25, -0.2) is 4.79 Å². The number of hydrogen-bond donors (Lipinski definition) is 2. The van der Waals surface area contributed by atoms with Crippen LogP contribution in [0.25, 0.3) is 0 Å². The third-order valence-electron chi connectivity index (χ3n) is 3.41. The van der Waals surface area contributed by atoms with E-state index in [1.165, 1.54) is 18.7 Å². The molecule has 0 aromatic heterocycles. The molecule has 1 saturated heterocycles. The van der Waals surface area contributed by atoms with E-state index >= 15 is 0 Å². The number of nitrogens with one attached hydrogen (secondary N) is 1. The minimum absolute atomic E-state index is 0.173. The highest BCUT2D eigenvalue weighted by Gasteiger charge is 2.31. The van der Waals surface area contributed by atoms with Crippen LogP contribution in [-0.2, 0) is 19.1 Å². The number of hydrogen-bond acceptors (Lipinski definition) is 4. The Bertz CT molecular complexity index is 366. The molecule has 1 unspecified atom stereocenters. The van der Waals surface area contributed by atoms with Crippen LogP contribution in [-0.4, -0.2) is 60.1 Å². The molecule has 1 aliphatic rings. The number of carbonyl (C=O) groups is 3. The zero-order chi connectivity index (χ0) is 15.1. The van der Waals surface area contributed by atoms with Crippen molar-refractivity contribution in [1.82, 2.24) is 10.2 Å². The maximum Gasteiger partial charge on any atom is 0.326 e. The van der Waals surface area contributed by atoms with Gasteiger partial charge in [-0.15, -0.1) is 0 Å². The van der Waals surface area contributed by atoms with Crippen LogP contribution < -0.4 is 5.32 Å². The van der Waals surface area contributed by atoms with Gasteiger partial charge in [-0.3, -0.25) is 9.59 Å². The first-order valence-electron chi connectivity index (χ1n) is 6.79. The lowest BCUT2D eigenvalue weighted by atomic mass is 9.98. The fraction of sp³-hybridized carbons (Fsp3) is 0.769. The van der Waals surface area contributed by atoms with Crippen LogP contribution >= 0.6 is 0 Å². The molecule has 0 saturated carbocycles. The molecule has 0 radical (unpaired) electrons. The summed E-state index contributed by atoms with van der Waals surface area (Å²) in [6.07, 6.45) is 1.23. The summed E-state index contributed by atoms with van der Waals surface area (Å²) >= 11 is 0. The maximum absolute atomic E-state index is 12.4. The van der Waals surface area contributed by atoms with E-state index in [0.29, 0.717) is 26.1 Å². The Kier molecular flexibility index (Phi) is 6.44. The molecule has 1 atom stereocenters. The third-order valence-corrected chi connectivity index (χ3v) is 3.41. The summed E-state index contributed by atoms with van der Waals surface area (Å²) < 4.78 is 5.21. The van der Waals surface area contributed by atoms with Crippen LogP contribution in [0.3, 0.4) is 0 Å². The number of aliphatic carboxylic acids is 1. The van der Waals surface area contributed by atoms with Crippen LogP contribution in [0.4, 0.5) is 0 Å². The topological polar surface area (TPSA) is 95.9 Å². The molecule has 0 aromatic rings. The molecule has 2 N–H and O–H groups in total. The normalized spacial score (nSPS) is 17.3. The first kappa shape index (κ1) is 16.4. The van der Waals surface area contributed by atoms with E-state index in [2.05, 4.69) is 5.32 Å². The zero-order valence-electron chi connectivity index (χ0n) is 11.9. The van der Waals surface area contributed by atoms with Crippen molar-refractivity contribution < 1.29 is 24.2 Å². The maximum atomic E-state index is 12.4. The van der Waals surface area contributed by atoms with Crippen molar-refractivity contribution in [1.29, 1.82) is 0 Å². The Morgan fingerprint density at radius 2 is 1.95 bits per heavy atom. The Labute approximate surface area is 118 Å². The highest BCUT2D eigenvalue weighted by Crippen LogP contribution is 2.19. The van der Waals surface area contributed by atoms with Gasteiger partial charge < -0.3 is 20.1 Å². The quantitative estimate of drug-likeness (QED) is 0.708. The van der Waals surface area contributed by atoms with E-state index < -0.39 is 12.0 Å². The second-order valence-corrected chi connectivity index (χ2v) is 4.92. The van der Waals surface area contributed by atoms with Crippen LogP contribution in [0.2, 0.25) is 0 Å². The zero-order valence-corrected chi connectivity index (χ0v) is 11.9. The number of carboxylic acids is 1. The minimum Gasteiger partial charge on any atom is -0.480 e. The molecule has 0 aromatic carbocycles. The van der Waals surface area contributed by atoms with Gasteiger partial charge in [-0.1, -0.05) is 0 Å². The molecule has 2 amide bonds. The van der Waals surface area contributed by atoms with E-state index in [1.54, 1.807) is 0 Å². The minimum atomic E-state index is -1.05. The molecule has 0 aliphatic carbocycles. The lowest BCUT2D eigenvalue weighted by molar-refractivity contribution is -0.152. The Balaban J connectivity index is 2.66. The van der Waals surface area contributed by atoms with Crippen molar-refractivity contribution in [3.8, 4) is 0 Å². The van der Waals surface area contributed by atoms with Crippen molar-refractivity contribution in [2.24, 2.45) is 5.92 Å². The number of carboxylic acid groups (broad SMARTS) is 1. The van der Waals surface area contributed by atoms with E-state index in [4.69, 9.17) is 9.84 Å². The van der Waals surface area contributed by atoms with Gasteiger partial charge in [0.2, 0.25) is 11.8 Å². The molecule has 20 heavy (non-hydrogen) atoms. The van der Waals surface area contributed by atoms with Gasteiger partial charge in [0, 0.05) is 39.1 Å². The van der Waals surface area contributed by atoms with Crippen molar-refractivity contribution in [3.63, 3.8) is 0 Å². The monoisotopic (exact) mass is 286 g/mol. The third kappa shape index (κ3) is 4.80. The van der Waals surface area contributed by atoms with Gasteiger partial charge in [-0.2, -0.15) is 0 Å². The summed E-state index contributed by atoms with van der Waals surface area (Å²) in [5.41, 5.74) is 0. The molecular weight excluding hydrogens is 264 g/mol. The second kappa shape index (κ2) is 7.84. The van der Waals surface area contributed by atoms with Gasteiger partial charge in [0.05, 0.1) is 0 Å². The molecule has 0 spiro atoms. The molecule has 1 aliphatic heterocycles. The lowest BCUT2D eigenvalue weighted by Gasteiger charge is -2.32. The lowest BCUT2D eigenvalue weighted by Crippen LogP contribution is -2.49. The van der Waals surface area contributed by atoms with Crippen molar-refractivity contribution >= 4 is 17.8 Å². The Morgan fingerprint density at radius 1 is 1.35 bits per heavy atom. The van der Waals surface area contributed by atoms with Gasteiger partial charge in [0.15, 0.2) is 0 Å². The average Bonchev–Trinajstić information content (AvgIpc) is 2.43. The van der Waals surface area contributed by atoms with E-state index in [-0.39, 0.29) is 30.8 Å². The fourth-order valence-corrected chi connectivity index (χ4v) is 2.16. The molecule has 1 heterocycles. The van der Waals surface area contributed by atoms with Crippen LogP contribution in [0.5, 0.6) is 0 Å². The number of nitrogens with zero attached hydrogens (tertiary/aromatic N) is 1. The predicted octanol–water partition coefficient (Wildman–Crippen LogP) is -0.149. The molecular formula is C13H22N2O5. The smallest absolute Gasteiger partial charge is 0.326 e. The van der Waals surface area contributed by atoms with E-state index in [9.17, 15) is 14.4 Å². The highest BCUT2D eigenvalue weighted by atomic mass is 16.5. The van der Waals surface area contributed by atoms with E-state index in [0.717, 1.165) is 0 Å². The molecule has 7 nitrogen and oxygen atoms in total. The molecule has 1 fully saturated rings. The fourth-order valence-electron chi connectivity index (χ4n) is 2.16. The first-order chi connectivity index (χ1) is 9.43. The summed E-state index contributed by atoms with van der Waals surface area (Å²) in [4.78, 5) is 35.7. The Hall–Kier alpha value is -1.63. The van der Waals surface area contributed by atoms with Gasteiger partial charge >= 0.3 is 5.97 Å². The van der Waals surface area contributed by atoms with E-state index in [1.807, 2.05) is 0 Å². The average molecular weight is 286 g/mol. The predicted molar refractivity (Wildman–Crippen MR) is 71.0 cm³/mol. The molecule has 7 heteroatoms. The highest BCUT2D eigenvalue weighted by molar-refractivity contribution is 5.85. The Morgan fingerprint density at radius 3 is 2.45 bits per heavy atom. The summed E-state index contributed by atoms with van der Waals surface area (Å²) in [6.45, 7) is 4.36. The second-order valence-electron chi connectivity index (χ2n) is 4.92. The summed E-state index contributed by atoms with van der Waals surface area (Å²) in [5.74, 6) is -1.61. The van der Waals surface area contributed by atoms with Crippen molar-refractivity contribution in [2.45, 2.75) is 32.7 Å². The summed E-state index contributed by atoms with van der Waals surface area (Å²) in [7, 11) is 0. The summed E-state index contributed by atoms with van der Waals surface area (Å²) in [5, 5.41) is 11.7. The number of amides is 2. The first-order valence-corrected chi connectivity index (χ1v) is 6.79. The molecule has 1 rings (SSSR count). The SMILES string of the molecule is CC(=O)NCCN(C(=O)C1CCOCC1)C(C)C(=O)O. The molecule has 114 valence electrons. The van der Waals surface area contributed by atoms with Gasteiger partial charge in [0.1, 0.15) is 6.04 Å². The number of ether oxygens (including phenoxy) is 1. The number of rotatable bonds is 6. The number of carbonyl (C=O) groups excluding carboxylic acids is 2. The standard InChI is InChI=1S/C13H22N2O5/c1-9(13(18)19)15(6-5-14-10(2)16)12(17)11-3-7-20-8-4-11/h9,11H,3-8H2,1-2H3,(H,14,16)(H,18,19). The van der Waals surface area contributed by atoms with Crippen molar-refractivity contribution in [2.75, 3.05) is 26.3 Å². The van der Waals surface area contributed by atoms with Gasteiger partial charge in [0.25, 0.3) is 0 Å². The van der Waals surface area contributed by atoms with Crippen LogP contribution in [0, 0.1) is 5.92 Å². The molecule has 0 bridgehead atoms. The van der Waals surface area contributed by atoms with Crippen LogP contribution in [0.1, 0.15) is 26.7 Å². The van der Waals surface area contributed by atoms with Crippen LogP contribution in [0.15, 0.2) is 0 Å². The summed E-state index contributed by atoms with van der Waals surface area (Å²) in [6, 6.07) is -0.904. The largest absolute Gasteiger partial charge is 0.480 e.